The number of anilines is 1. The Balaban J connectivity index is 1.45. The monoisotopic (exact) mass is 429 g/mol. The second-order valence-electron chi connectivity index (χ2n) is 6.75. The maximum atomic E-state index is 13.1. The van der Waals surface area contributed by atoms with Gasteiger partial charge >= 0.3 is 0 Å². The summed E-state index contributed by atoms with van der Waals surface area (Å²) in [6.07, 6.45) is 3.81. The zero-order valence-electron chi connectivity index (χ0n) is 16.8. The van der Waals surface area contributed by atoms with Gasteiger partial charge in [0, 0.05) is 44.6 Å². The second-order valence-corrected chi connectivity index (χ2v) is 8.69. The second kappa shape index (κ2) is 8.33. The number of hydrogen-bond donors (Lipinski definition) is 0. The van der Waals surface area contributed by atoms with E-state index >= 15 is 0 Å². The quantitative estimate of drug-likeness (QED) is 0.590. The lowest BCUT2D eigenvalue weighted by atomic mass is 10.3. The first kappa shape index (κ1) is 20.2. The Morgan fingerprint density at radius 1 is 0.833 bits per heavy atom. The molecular formula is C20H23N5O4S. The molecule has 0 spiro atoms. The highest BCUT2D eigenvalue weighted by atomic mass is 32.2. The van der Waals surface area contributed by atoms with Gasteiger partial charge in [0.25, 0.3) is 0 Å². The lowest BCUT2D eigenvalue weighted by molar-refractivity contribution is 0.353. The lowest BCUT2D eigenvalue weighted by Gasteiger charge is -2.34. The molecule has 3 aromatic rings. The molecule has 0 amide bonds. The maximum Gasteiger partial charge on any atom is 0.243 e. The highest BCUT2D eigenvalue weighted by Crippen LogP contribution is 2.31. The summed E-state index contributed by atoms with van der Waals surface area (Å²) in [7, 11) is -0.635. The molecule has 9 nitrogen and oxygen atoms in total. The van der Waals surface area contributed by atoms with Gasteiger partial charge in [-0.2, -0.15) is 4.31 Å². The largest absolute Gasteiger partial charge is 0.493 e. The van der Waals surface area contributed by atoms with Gasteiger partial charge in [-0.3, -0.25) is 0 Å². The van der Waals surface area contributed by atoms with Crippen molar-refractivity contribution in [3.05, 3.63) is 54.9 Å². The molecule has 1 saturated heterocycles. The Morgan fingerprint density at radius 2 is 1.47 bits per heavy atom. The molecule has 4 rings (SSSR count). The van der Waals surface area contributed by atoms with Crippen LogP contribution in [0.15, 0.2) is 59.8 Å². The smallest absolute Gasteiger partial charge is 0.243 e. The zero-order chi connectivity index (χ0) is 21.1. The van der Waals surface area contributed by atoms with Crippen LogP contribution in [0, 0.1) is 0 Å². The van der Waals surface area contributed by atoms with E-state index in [4.69, 9.17) is 9.47 Å². The molecular weight excluding hydrogens is 406 g/mol. The Labute approximate surface area is 175 Å². The summed E-state index contributed by atoms with van der Waals surface area (Å²) in [6.45, 7) is 1.78. The fraction of sp³-hybridized carbons (Fsp3) is 0.300. The molecule has 0 saturated carbocycles. The van der Waals surface area contributed by atoms with Crippen LogP contribution in [-0.2, 0) is 10.0 Å². The lowest BCUT2D eigenvalue weighted by Crippen LogP contribution is -2.49. The minimum absolute atomic E-state index is 0.185. The third-order valence-electron chi connectivity index (χ3n) is 5.06. The van der Waals surface area contributed by atoms with Crippen LogP contribution < -0.4 is 14.4 Å². The average molecular weight is 430 g/mol. The predicted octanol–water partition coefficient (Wildman–Crippen LogP) is 1.80. The fourth-order valence-electron chi connectivity index (χ4n) is 3.40. The first-order chi connectivity index (χ1) is 14.5. The van der Waals surface area contributed by atoms with Crippen LogP contribution in [0.25, 0.3) is 5.82 Å². The molecule has 0 bridgehead atoms. The molecule has 2 aromatic heterocycles. The molecule has 1 fully saturated rings. The minimum atomic E-state index is -3.63. The van der Waals surface area contributed by atoms with E-state index in [2.05, 4.69) is 10.2 Å². The Hall–Kier alpha value is -3.11. The summed E-state index contributed by atoms with van der Waals surface area (Å²) in [5.74, 6) is 2.34. The van der Waals surface area contributed by atoms with Gasteiger partial charge in [0.2, 0.25) is 10.0 Å². The number of hydrogen-bond acceptors (Lipinski definition) is 7. The molecule has 0 atom stereocenters. The molecule has 3 heterocycles. The van der Waals surface area contributed by atoms with Crippen LogP contribution in [0.2, 0.25) is 0 Å². The average Bonchev–Trinajstić information content (AvgIpc) is 3.34. The predicted molar refractivity (Wildman–Crippen MR) is 112 cm³/mol. The standard InChI is InChI=1S/C20H23N5O4S/c1-28-17-6-5-16(15-18(17)29-2)30(26,27)25-13-11-24(12-14-25)20-8-7-19(21-22-20)23-9-3-4-10-23/h3-10,15H,11-14H2,1-2H3. The highest BCUT2D eigenvalue weighted by molar-refractivity contribution is 7.89. The number of benzene rings is 1. The summed E-state index contributed by atoms with van der Waals surface area (Å²) < 4.78 is 39.9. The number of sulfonamides is 1. The minimum Gasteiger partial charge on any atom is -0.493 e. The van der Waals surface area contributed by atoms with Crippen molar-refractivity contribution in [2.45, 2.75) is 4.90 Å². The molecule has 0 unspecified atom stereocenters. The summed E-state index contributed by atoms with van der Waals surface area (Å²) in [5.41, 5.74) is 0. The van der Waals surface area contributed by atoms with Gasteiger partial charge in [-0.1, -0.05) is 0 Å². The van der Waals surface area contributed by atoms with Crippen molar-refractivity contribution >= 4 is 15.8 Å². The van der Waals surface area contributed by atoms with Gasteiger partial charge in [-0.15, -0.1) is 10.2 Å². The molecule has 158 valence electrons. The maximum absolute atomic E-state index is 13.1. The van der Waals surface area contributed by atoms with E-state index in [1.54, 1.807) is 6.07 Å². The third kappa shape index (κ3) is 3.83. The highest BCUT2D eigenvalue weighted by Gasteiger charge is 2.29. The van der Waals surface area contributed by atoms with Gasteiger partial charge in [0.1, 0.15) is 0 Å². The van der Waals surface area contributed by atoms with Crippen LogP contribution in [0.1, 0.15) is 0 Å². The normalized spacial score (nSPS) is 15.2. The van der Waals surface area contributed by atoms with Crippen molar-refractivity contribution in [2.75, 3.05) is 45.3 Å². The van der Waals surface area contributed by atoms with Crippen molar-refractivity contribution < 1.29 is 17.9 Å². The molecule has 1 aromatic carbocycles. The number of nitrogens with zero attached hydrogens (tertiary/aromatic N) is 5. The molecule has 30 heavy (non-hydrogen) atoms. The van der Waals surface area contributed by atoms with Crippen LogP contribution >= 0.6 is 0 Å². The number of aromatic nitrogens is 3. The van der Waals surface area contributed by atoms with Gasteiger partial charge in [0.15, 0.2) is 23.1 Å². The topological polar surface area (TPSA) is 89.8 Å². The molecule has 10 heteroatoms. The van der Waals surface area contributed by atoms with Crippen LogP contribution in [-0.4, -0.2) is 67.9 Å². The van der Waals surface area contributed by atoms with Crippen LogP contribution in [0.3, 0.4) is 0 Å². The molecule has 0 N–H and O–H groups in total. The fourth-order valence-corrected chi connectivity index (χ4v) is 4.83. The Bertz CT molecular complexity index is 1090. The van der Waals surface area contributed by atoms with Gasteiger partial charge < -0.3 is 18.9 Å². The number of methoxy groups -OCH3 is 2. The van der Waals surface area contributed by atoms with Gasteiger partial charge in [0.05, 0.1) is 19.1 Å². The van der Waals surface area contributed by atoms with Crippen molar-refractivity contribution in [2.24, 2.45) is 0 Å². The SMILES string of the molecule is COc1ccc(S(=O)(=O)N2CCN(c3ccc(-n4cccc4)nn3)CC2)cc1OC. The zero-order valence-corrected chi connectivity index (χ0v) is 17.6. The van der Waals surface area contributed by atoms with E-state index in [1.807, 2.05) is 46.1 Å². The summed E-state index contributed by atoms with van der Waals surface area (Å²) >= 11 is 0. The van der Waals surface area contributed by atoms with Crippen LogP contribution in [0.4, 0.5) is 5.82 Å². The van der Waals surface area contributed by atoms with Crippen molar-refractivity contribution in [3.8, 4) is 17.3 Å². The molecule has 1 aliphatic rings. The van der Waals surface area contributed by atoms with Gasteiger partial charge in [-0.25, -0.2) is 8.42 Å². The summed E-state index contributed by atoms with van der Waals surface area (Å²) in [6, 6.07) is 12.3. The summed E-state index contributed by atoms with van der Waals surface area (Å²) in [4.78, 5) is 2.22. The van der Waals surface area contributed by atoms with E-state index in [-0.39, 0.29) is 4.90 Å². The Kier molecular flexibility index (Phi) is 5.60. The van der Waals surface area contributed by atoms with Crippen molar-refractivity contribution in [1.82, 2.24) is 19.1 Å². The number of rotatable bonds is 6. The first-order valence-electron chi connectivity index (χ1n) is 9.47. The van der Waals surface area contributed by atoms with E-state index in [0.717, 1.165) is 11.6 Å². The van der Waals surface area contributed by atoms with E-state index < -0.39 is 10.0 Å². The van der Waals surface area contributed by atoms with Crippen molar-refractivity contribution in [1.29, 1.82) is 0 Å². The summed E-state index contributed by atoms with van der Waals surface area (Å²) in [5, 5.41) is 8.56. The van der Waals surface area contributed by atoms with E-state index in [1.165, 1.54) is 30.7 Å². The molecule has 0 radical (unpaired) electrons. The third-order valence-corrected chi connectivity index (χ3v) is 6.96. The van der Waals surface area contributed by atoms with Crippen molar-refractivity contribution in [3.63, 3.8) is 0 Å². The number of ether oxygens (including phenoxy) is 2. The van der Waals surface area contributed by atoms with E-state index in [0.29, 0.717) is 37.7 Å². The first-order valence-corrected chi connectivity index (χ1v) is 10.9. The molecule has 1 aliphatic heterocycles. The molecule has 0 aliphatic carbocycles. The van der Waals surface area contributed by atoms with Crippen LogP contribution in [0.5, 0.6) is 11.5 Å². The number of piperazine rings is 1. The Morgan fingerprint density at radius 3 is 2.07 bits per heavy atom. The van der Waals surface area contributed by atoms with Gasteiger partial charge in [-0.05, 0) is 36.4 Å². The van der Waals surface area contributed by atoms with E-state index in [9.17, 15) is 8.42 Å².